The molecule has 2 rings (SSSR count). The summed E-state index contributed by atoms with van der Waals surface area (Å²) >= 11 is 0. The van der Waals surface area contributed by atoms with E-state index in [9.17, 15) is 5.11 Å². The molecule has 1 aromatic carbocycles. The average Bonchev–Trinajstić information content (AvgIpc) is 2.93. The molecule has 0 spiro atoms. The van der Waals surface area contributed by atoms with Crippen molar-refractivity contribution in [3.63, 3.8) is 0 Å². The van der Waals surface area contributed by atoms with Crippen LogP contribution in [0.4, 0.5) is 0 Å². The van der Waals surface area contributed by atoms with E-state index < -0.39 is 0 Å². The molecule has 1 unspecified atom stereocenters. The topological polar surface area (TPSA) is 50.1 Å². The third-order valence-electron chi connectivity index (χ3n) is 3.23. The number of hydrogen-bond donors (Lipinski definition) is 2. The number of phenolic OH excluding ortho intramolecular Hbond substituents is 1. The predicted octanol–water partition coefficient (Wildman–Crippen LogP) is 2.72. The lowest BCUT2D eigenvalue weighted by Crippen LogP contribution is -2.23. The highest BCUT2D eigenvalue weighted by molar-refractivity contribution is 5.34. The van der Waals surface area contributed by atoms with Gasteiger partial charge in [-0.05, 0) is 31.5 Å². The molecule has 4 heteroatoms. The molecule has 0 saturated carbocycles. The third kappa shape index (κ3) is 3.83. The Morgan fingerprint density at radius 1 is 1.32 bits per heavy atom. The molecular weight excluding hydrogens is 238 g/mol. The molecule has 0 radical (unpaired) electrons. The van der Waals surface area contributed by atoms with Gasteiger partial charge in [0.15, 0.2) is 0 Å². The molecule has 0 aliphatic carbocycles. The van der Waals surface area contributed by atoms with Crippen LogP contribution in [0.5, 0.6) is 5.75 Å². The minimum Gasteiger partial charge on any atom is -0.508 e. The maximum atomic E-state index is 9.86. The van der Waals surface area contributed by atoms with E-state index in [4.69, 9.17) is 0 Å². The van der Waals surface area contributed by atoms with E-state index in [1.807, 2.05) is 35.1 Å². The Morgan fingerprint density at radius 2 is 2.16 bits per heavy atom. The Balaban J connectivity index is 1.81. The molecule has 0 aliphatic rings. The minimum absolute atomic E-state index is 0.207. The number of rotatable bonds is 7. The van der Waals surface area contributed by atoms with Crippen molar-refractivity contribution >= 4 is 0 Å². The second-order valence-electron chi connectivity index (χ2n) is 4.60. The van der Waals surface area contributed by atoms with Gasteiger partial charge in [-0.25, -0.2) is 0 Å². The molecule has 1 aromatic heterocycles. The maximum absolute atomic E-state index is 9.86. The third-order valence-corrected chi connectivity index (χ3v) is 3.23. The van der Waals surface area contributed by atoms with Crippen LogP contribution < -0.4 is 5.32 Å². The first-order valence-electron chi connectivity index (χ1n) is 6.80. The van der Waals surface area contributed by atoms with Crippen molar-refractivity contribution in [2.75, 3.05) is 6.54 Å². The summed E-state index contributed by atoms with van der Waals surface area (Å²) in [6, 6.07) is 9.67. The second kappa shape index (κ2) is 6.95. The van der Waals surface area contributed by atoms with Crippen molar-refractivity contribution in [3.05, 3.63) is 48.3 Å². The first-order chi connectivity index (χ1) is 9.31. The molecule has 0 fully saturated rings. The van der Waals surface area contributed by atoms with Crippen LogP contribution in [0.2, 0.25) is 0 Å². The van der Waals surface area contributed by atoms with Gasteiger partial charge in [-0.1, -0.05) is 25.1 Å². The number of nitrogens with one attached hydrogen (secondary N) is 1. The summed E-state index contributed by atoms with van der Waals surface area (Å²) in [6.07, 6.45) is 5.75. The number of aryl methyl sites for hydroxylation is 1. The Bertz CT molecular complexity index is 482. The van der Waals surface area contributed by atoms with Crippen molar-refractivity contribution in [3.8, 4) is 5.75 Å². The van der Waals surface area contributed by atoms with E-state index in [0.717, 1.165) is 31.5 Å². The Morgan fingerprint density at radius 3 is 2.84 bits per heavy atom. The average molecular weight is 259 g/mol. The summed E-state index contributed by atoms with van der Waals surface area (Å²) in [5.41, 5.74) is 0.976. The Hall–Kier alpha value is -1.81. The lowest BCUT2D eigenvalue weighted by molar-refractivity contribution is 0.434. The van der Waals surface area contributed by atoms with Crippen LogP contribution in [-0.2, 0) is 6.54 Å². The summed E-state index contributed by atoms with van der Waals surface area (Å²) in [5, 5.41) is 17.5. The summed E-state index contributed by atoms with van der Waals surface area (Å²) < 4.78 is 1.93. The molecule has 1 atom stereocenters. The van der Waals surface area contributed by atoms with E-state index in [0.29, 0.717) is 5.75 Å². The van der Waals surface area contributed by atoms with Gasteiger partial charge in [-0.15, -0.1) is 0 Å². The van der Waals surface area contributed by atoms with Crippen LogP contribution >= 0.6 is 0 Å². The molecule has 0 amide bonds. The first kappa shape index (κ1) is 13.6. The zero-order chi connectivity index (χ0) is 13.5. The summed E-state index contributed by atoms with van der Waals surface area (Å²) in [4.78, 5) is 0. The van der Waals surface area contributed by atoms with E-state index in [1.165, 1.54) is 0 Å². The highest BCUT2D eigenvalue weighted by atomic mass is 16.3. The van der Waals surface area contributed by atoms with Crippen LogP contribution in [0, 0.1) is 0 Å². The minimum atomic E-state index is 0.207. The zero-order valence-electron chi connectivity index (χ0n) is 11.3. The summed E-state index contributed by atoms with van der Waals surface area (Å²) in [7, 11) is 0. The van der Waals surface area contributed by atoms with Crippen LogP contribution in [0.3, 0.4) is 0 Å². The van der Waals surface area contributed by atoms with Crippen molar-refractivity contribution in [1.82, 2.24) is 15.1 Å². The van der Waals surface area contributed by atoms with Gasteiger partial charge >= 0.3 is 0 Å². The van der Waals surface area contributed by atoms with Crippen LogP contribution in [0.15, 0.2) is 42.7 Å². The molecular formula is C15H21N3O. The number of nitrogens with zero attached hydrogens (tertiary/aromatic N) is 2. The maximum Gasteiger partial charge on any atom is 0.120 e. The van der Waals surface area contributed by atoms with Crippen molar-refractivity contribution < 1.29 is 5.11 Å². The predicted molar refractivity (Wildman–Crippen MR) is 76.0 cm³/mol. The van der Waals surface area contributed by atoms with Crippen LogP contribution in [-0.4, -0.2) is 21.4 Å². The van der Waals surface area contributed by atoms with E-state index >= 15 is 0 Å². The van der Waals surface area contributed by atoms with Gasteiger partial charge in [0.05, 0.1) is 0 Å². The molecule has 2 aromatic rings. The number of phenols is 1. The smallest absolute Gasteiger partial charge is 0.120 e. The number of aromatic nitrogens is 2. The summed E-state index contributed by atoms with van der Waals surface area (Å²) in [6.45, 7) is 3.95. The summed E-state index contributed by atoms with van der Waals surface area (Å²) in [5.74, 6) is 0.369. The van der Waals surface area contributed by atoms with Crippen molar-refractivity contribution in [1.29, 1.82) is 0 Å². The van der Waals surface area contributed by atoms with Gasteiger partial charge in [0.2, 0.25) is 0 Å². The Labute approximate surface area is 114 Å². The molecule has 4 nitrogen and oxygen atoms in total. The highest BCUT2D eigenvalue weighted by Crippen LogP contribution is 2.25. The lowest BCUT2D eigenvalue weighted by atomic mass is 10.0. The number of aromatic hydroxyl groups is 1. The molecule has 0 saturated heterocycles. The van der Waals surface area contributed by atoms with Crippen LogP contribution in [0.25, 0.3) is 0 Å². The largest absolute Gasteiger partial charge is 0.508 e. The highest BCUT2D eigenvalue weighted by Gasteiger charge is 2.11. The molecule has 0 bridgehead atoms. The number of hydrogen-bond acceptors (Lipinski definition) is 3. The number of para-hydroxylation sites is 1. The zero-order valence-corrected chi connectivity index (χ0v) is 11.3. The SMILES string of the molecule is CCC(NCCCn1cccn1)c1ccccc1O. The second-order valence-corrected chi connectivity index (χ2v) is 4.60. The fourth-order valence-electron chi connectivity index (χ4n) is 2.21. The van der Waals surface area contributed by atoms with Gasteiger partial charge in [0, 0.05) is 30.5 Å². The number of benzene rings is 1. The molecule has 0 aliphatic heterocycles. The van der Waals surface area contributed by atoms with Gasteiger partial charge in [0.25, 0.3) is 0 Å². The van der Waals surface area contributed by atoms with Gasteiger partial charge in [-0.2, -0.15) is 5.10 Å². The lowest BCUT2D eigenvalue weighted by Gasteiger charge is -2.18. The standard InChI is InChI=1S/C15H21N3O/c1-2-14(13-7-3-4-8-15(13)19)16-9-5-11-18-12-6-10-17-18/h3-4,6-8,10,12,14,16,19H,2,5,9,11H2,1H3. The Kier molecular flexibility index (Phi) is 4.98. The van der Waals surface area contributed by atoms with E-state index in [-0.39, 0.29) is 6.04 Å². The van der Waals surface area contributed by atoms with Crippen molar-refractivity contribution in [2.45, 2.75) is 32.4 Å². The van der Waals surface area contributed by atoms with Gasteiger partial charge < -0.3 is 10.4 Å². The van der Waals surface area contributed by atoms with Gasteiger partial charge in [0.1, 0.15) is 5.75 Å². The van der Waals surface area contributed by atoms with Gasteiger partial charge in [-0.3, -0.25) is 4.68 Å². The molecule has 19 heavy (non-hydrogen) atoms. The molecule has 1 heterocycles. The fourth-order valence-corrected chi connectivity index (χ4v) is 2.21. The molecule has 2 N–H and O–H groups in total. The van der Waals surface area contributed by atoms with Crippen LogP contribution in [0.1, 0.15) is 31.4 Å². The monoisotopic (exact) mass is 259 g/mol. The fraction of sp³-hybridized carbons (Fsp3) is 0.400. The van der Waals surface area contributed by atoms with Crippen molar-refractivity contribution in [2.24, 2.45) is 0 Å². The first-order valence-corrected chi connectivity index (χ1v) is 6.80. The van der Waals surface area contributed by atoms with E-state index in [2.05, 4.69) is 17.3 Å². The molecule has 102 valence electrons. The normalized spacial score (nSPS) is 12.5. The van der Waals surface area contributed by atoms with E-state index in [1.54, 1.807) is 12.3 Å². The quantitative estimate of drug-likeness (QED) is 0.752.